The Kier molecular flexibility index (Phi) is 7.76. The molecule has 0 saturated carbocycles. The number of nitrogens with one attached hydrogen (secondary N) is 2. The molecular formula is C20H29N7O. The van der Waals surface area contributed by atoms with Crippen molar-refractivity contribution in [2.24, 2.45) is 16.5 Å². The van der Waals surface area contributed by atoms with Gasteiger partial charge < -0.3 is 16.8 Å². The Morgan fingerprint density at radius 3 is 2.61 bits per heavy atom. The topological polar surface area (TPSA) is 127 Å². The number of aryl methyl sites for hydroxylation is 1. The van der Waals surface area contributed by atoms with Crippen molar-refractivity contribution < 1.29 is 0 Å². The highest BCUT2D eigenvalue weighted by molar-refractivity contribution is 5.75. The molecule has 0 radical (unpaired) electrons. The highest BCUT2D eigenvalue weighted by atomic mass is 16.1. The summed E-state index contributed by atoms with van der Waals surface area (Å²) in [6.07, 6.45) is 4.57. The van der Waals surface area contributed by atoms with Crippen LogP contribution in [0.15, 0.2) is 46.4 Å². The van der Waals surface area contributed by atoms with Gasteiger partial charge in [-0.15, -0.1) is 0 Å². The minimum atomic E-state index is -0.145. The molecule has 8 heteroatoms. The van der Waals surface area contributed by atoms with Crippen LogP contribution in [-0.2, 0) is 6.54 Å². The normalized spacial score (nSPS) is 10.4. The summed E-state index contributed by atoms with van der Waals surface area (Å²) in [7, 11) is 0. The van der Waals surface area contributed by atoms with E-state index in [1.54, 1.807) is 0 Å². The molecule has 0 spiro atoms. The van der Waals surface area contributed by atoms with E-state index in [-0.39, 0.29) is 11.5 Å². The first-order valence-corrected chi connectivity index (χ1v) is 9.47. The quantitative estimate of drug-likeness (QED) is 0.281. The molecule has 2 aromatic heterocycles. The Labute approximate surface area is 164 Å². The van der Waals surface area contributed by atoms with Gasteiger partial charge in [-0.2, -0.15) is 0 Å². The monoisotopic (exact) mass is 383 g/mol. The van der Waals surface area contributed by atoms with Crippen LogP contribution < -0.4 is 22.3 Å². The van der Waals surface area contributed by atoms with Crippen molar-refractivity contribution in [1.29, 1.82) is 0 Å². The highest BCUT2D eigenvalue weighted by Crippen LogP contribution is 2.16. The molecule has 28 heavy (non-hydrogen) atoms. The average Bonchev–Trinajstić information content (AvgIpc) is 3.04. The van der Waals surface area contributed by atoms with Crippen molar-refractivity contribution in [2.45, 2.75) is 33.7 Å². The van der Waals surface area contributed by atoms with Crippen molar-refractivity contribution in [3.8, 4) is 11.1 Å². The van der Waals surface area contributed by atoms with E-state index in [9.17, 15) is 4.79 Å². The zero-order valence-corrected chi connectivity index (χ0v) is 16.7. The summed E-state index contributed by atoms with van der Waals surface area (Å²) in [5.41, 5.74) is 13.9. The van der Waals surface area contributed by atoms with Gasteiger partial charge in [-0.3, -0.25) is 19.2 Å². The molecule has 150 valence electrons. The summed E-state index contributed by atoms with van der Waals surface area (Å²) in [6, 6.07) is 7.94. The number of benzene rings is 1. The third-order valence-corrected chi connectivity index (χ3v) is 3.99. The van der Waals surface area contributed by atoms with Crippen molar-refractivity contribution in [2.75, 3.05) is 13.1 Å². The zero-order chi connectivity index (χ0) is 20.5. The molecule has 1 aromatic carbocycles. The third kappa shape index (κ3) is 5.68. The third-order valence-electron chi connectivity index (χ3n) is 3.99. The number of aromatic amines is 1. The number of aliphatic imine (C=N–C) groups is 1. The van der Waals surface area contributed by atoms with Crippen LogP contribution in [0.2, 0.25) is 0 Å². The summed E-state index contributed by atoms with van der Waals surface area (Å²) in [5.74, 6) is 0.678. The lowest BCUT2D eigenvalue weighted by atomic mass is 10.1. The minimum absolute atomic E-state index is 0.125. The highest BCUT2D eigenvalue weighted by Gasteiger charge is 2.07. The molecule has 3 rings (SSSR count). The van der Waals surface area contributed by atoms with Crippen LogP contribution in [0.4, 0.5) is 0 Å². The van der Waals surface area contributed by atoms with Crippen LogP contribution in [0.25, 0.3) is 16.9 Å². The number of nitrogens with zero attached hydrogens (tertiary/aromatic N) is 3. The maximum absolute atomic E-state index is 12.3. The first-order valence-electron chi connectivity index (χ1n) is 9.47. The van der Waals surface area contributed by atoms with E-state index < -0.39 is 0 Å². The summed E-state index contributed by atoms with van der Waals surface area (Å²) < 4.78 is 1.83. The van der Waals surface area contributed by atoms with E-state index >= 15 is 0 Å². The Balaban J connectivity index is 0.00000136. The molecule has 0 unspecified atom stereocenters. The van der Waals surface area contributed by atoms with Gasteiger partial charge in [0.05, 0.1) is 11.3 Å². The van der Waals surface area contributed by atoms with E-state index in [0.717, 1.165) is 36.3 Å². The van der Waals surface area contributed by atoms with Gasteiger partial charge in [0.1, 0.15) is 0 Å². The molecule has 0 atom stereocenters. The molecule has 0 saturated heterocycles. The van der Waals surface area contributed by atoms with Crippen LogP contribution in [-0.4, -0.2) is 33.4 Å². The van der Waals surface area contributed by atoms with Crippen LogP contribution in [0, 0.1) is 6.92 Å². The fourth-order valence-corrected chi connectivity index (χ4v) is 2.73. The van der Waals surface area contributed by atoms with Crippen molar-refractivity contribution in [1.82, 2.24) is 19.7 Å². The first-order chi connectivity index (χ1) is 13.5. The van der Waals surface area contributed by atoms with Gasteiger partial charge in [0, 0.05) is 25.5 Å². The second-order valence-corrected chi connectivity index (χ2v) is 6.14. The molecule has 8 nitrogen and oxygen atoms in total. The Morgan fingerprint density at radius 2 is 1.93 bits per heavy atom. The Bertz CT molecular complexity index is 966. The van der Waals surface area contributed by atoms with Crippen molar-refractivity contribution in [3.05, 3.63) is 58.3 Å². The second-order valence-electron chi connectivity index (χ2n) is 6.14. The van der Waals surface area contributed by atoms with Crippen molar-refractivity contribution >= 4 is 11.7 Å². The maximum Gasteiger partial charge on any atom is 0.260 e. The van der Waals surface area contributed by atoms with Crippen LogP contribution in [0.5, 0.6) is 0 Å². The summed E-state index contributed by atoms with van der Waals surface area (Å²) in [5, 5.41) is 3.34. The van der Waals surface area contributed by atoms with Crippen LogP contribution in [0.3, 0.4) is 0 Å². The molecule has 3 aromatic rings. The molecule has 0 aliphatic heterocycles. The van der Waals surface area contributed by atoms with Gasteiger partial charge in [-0.25, -0.2) is 4.98 Å². The van der Waals surface area contributed by atoms with Gasteiger partial charge in [0.25, 0.3) is 5.56 Å². The average molecular weight is 384 g/mol. The number of nitrogens with two attached hydrogens (primary N) is 2. The van der Waals surface area contributed by atoms with Gasteiger partial charge in [-0.1, -0.05) is 38.1 Å². The standard InChI is InChI=1S/C18H23N7O.C2H6/c1-12-10-25-11-15(16(26)24-18(25)23-12)14-5-3-13(4-6-14)9-21-7-2-8-22-17(19)20;1-2/h3-6,10-11,21H,2,7-9H2,1H3,(H4,19,20,22)(H,23,24,26);1-2H3. The predicted octanol–water partition coefficient (Wildman–Crippen LogP) is 1.78. The van der Waals surface area contributed by atoms with E-state index in [0.29, 0.717) is 17.9 Å². The summed E-state index contributed by atoms with van der Waals surface area (Å²) in [6.45, 7) is 8.09. The van der Waals surface area contributed by atoms with Gasteiger partial charge in [0.2, 0.25) is 5.78 Å². The van der Waals surface area contributed by atoms with E-state index in [4.69, 9.17) is 11.5 Å². The zero-order valence-electron chi connectivity index (χ0n) is 16.7. The Hall–Kier alpha value is -3.13. The molecule has 0 aliphatic carbocycles. The second kappa shape index (κ2) is 10.3. The van der Waals surface area contributed by atoms with Gasteiger partial charge in [0.15, 0.2) is 5.96 Å². The lowest BCUT2D eigenvalue weighted by molar-refractivity contribution is 0.655. The smallest absolute Gasteiger partial charge is 0.260 e. The van der Waals surface area contributed by atoms with Crippen LogP contribution in [0.1, 0.15) is 31.5 Å². The molecule has 0 fully saturated rings. The SMILES string of the molecule is CC.Cc1cn2cc(-c3ccc(CNCCCN=C(N)N)cc3)c(=O)[nH]c2n1. The summed E-state index contributed by atoms with van der Waals surface area (Å²) in [4.78, 5) is 23.3. The van der Waals surface area contributed by atoms with Crippen LogP contribution >= 0.6 is 0 Å². The molecular weight excluding hydrogens is 354 g/mol. The number of rotatable bonds is 7. The molecule has 2 heterocycles. The number of hydrogen-bond acceptors (Lipinski definition) is 4. The number of H-pyrrole nitrogens is 1. The van der Waals surface area contributed by atoms with Crippen molar-refractivity contribution in [3.63, 3.8) is 0 Å². The predicted molar refractivity (Wildman–Crippen MR) is 114 cm³/mol. The number of imidazole rings is 1. The van der Waals surface area contributed by atoms with E-state index in [1.807, 2.05) is 61.8 Å². The number of fused-ring (bicyclic) bond motifs is 1. The van der Waals surface area contributed by atoms with Gasteiger partial charge in [-0.05, 0) is 31.0 Å². The maximum atomic E-state index is 12.3. The largest absolute Gasteiger partial charge is 0.370 e. The summed E-state index contributed by atoms with van der Waals surface area (Å²) >= 11 is 0. The fraction of sp³-hybridized carbons (Fsp3) is 0.350. The molecule has 6 N–H and O–H groups in total. The van der Waals surface area contributed by atoms with E-state index in [2.05, 4.69) is 20.3 Å². The van der Waals surface area contributed by atoms with Gasteiger partial charge >= 0.3 is 0 Å². The number of aromatic nitrogens is 3. The molecule has 0 aliphatic rings. The first kappa shape index (κ1) is 21.2. The fourth-order valence-electron chi connectivity index (χ4n) is 2.73. The molecule has 0 amide bonds. The Morgan fingerprint density at radius 1 is 1.21 bits per heavy atom. The number of hydrogen-bond donors (Lipinski definition) is 4. The number of guanidine groups is 1. The molecule has 0 bridgehead atoms. The minimum Gasteiger partial charge on any atom is -0.370 e. The van der Waals surface area contributed by atoms with E-state index in [1.165, 1.54) is 0 Å². The lowest BCUT2D eigenvalue weighted by Gasteiger charge is -2.06. The lowest BCUT2D eigenvalue weighted by Crippen LogP contribution is -2.23.